The molecule has 0 aliphatic heterocycles. The second kappa shape index (κ2) is 14.2. The Labute approximate surface area is 271 Å². The summed E-state index contributed by atoms with van der Waals surface area (Å²) in [5.74, 6) is -1.03. The number of methoxy groups -OCH3 is 1. The van der Waals surface area contributed by atoms with E-state index in [1.54, 1.807) is 30.3 Å². The van der Waals surface area contributed by atoms with Crippen LogP contribution in [0.5, 0.6) is 5.75 Å². The van der Waals surface area contributed by atoms with Crippen molar-refractivity contribution in [2.75, 3.05) is 20.3 Å². The molecule has 0 N–H and O–H groups in total. The molecule has 1 heterocycles. The molecule has 1 aromatic heterocycles. The number of ether oxygens (including phenoxy) is 3. The van der Waals surface area contributed by atoms with Crippen molar-refractivity contribution in [2.24, 2.45) is 5.16 Å². The third kappa shape index (κ3) is 7.13. The number of Topliss-reactive ketones (excluding diaryl/α,β-unsaturated/α-hetero) is 1. The lowest BCUT2D eigenvalue weighted by Gasteiger charge is -2.10. The van der Waals surface area contributed by atoms with Crippen LogP contribution in [0.4, 0.5) is 4.79 Å². The Morgan fingerprint density at radius 1 is 0.766 bits per heavy atom. The highest BCUT2D eigenvalue weighted by atomic mass is 16.7. The highest BCUT2D eigenvalue weighted by molar-refractivity contribution is 6.51. The number of oxime groups is 1. The van der Waals surface area contributed by atoms with Gasteiger partial charge in [-0.25, -0.2) is 9.59 Å². The van der Waals surface area contributed by atoms with Crippen molar-refractivity contribution < 1.29 is 38.2 Å². The Hall–Kier alpha value is -5.61. The first-order valence-electron chi connectivity index (χ1n) is 15.0. The molecule has 240 valence electrons. The lowest BCUT2D eigenvalue weighted by Crippen LogP contribution is -2.18. The van der Waals surface area contributed by atoms with Crippen molar-refractivity contribution in [3.8, 4) is 5.75 Å². The first-order valence-corrected chi connectivity index (χ1v) is 15.0. The number of hydrogen-bond acceptors (Lipinski definition) is 9. The number of ketones is 2. The largest absolute Gasteiger partial charge is 0.513 e. The van der Waals surface area contributed by atoms with Gasteiger partial charge in [0.15, 0.2) is 11.5 Å². The van der Waals surface area contributed by atoms with Crippen LogP contribution in [-0.2, 0) is 25.7 Å². The number of carbonyl (C=O) groups is 4. The molecule has 0 radical (unpaired) electrons. The van der Waals surface area contributed by atoms with Crippen molar-refractivity contribution in [2.45, 2.75) is 34.2 Å². The molecule has 0 atom stereocenters. The van der Waals surface area contributed by atoms with E-state index in [-0.39, 0.29) is 30.5 Å². The summed E-state index contributed by atoms with van der Waals surface area (Å²) < 4.78 is 17.0. The van der Waals surface area contributed by atoms with E-state index < -0.39 is 17.9 Å². The lowest BCUT2D eigenvalue weighted by atomic mass is 9.95. The molecule has 0 saturated carbocycles. The minimum absolute atomic E-state index is 0.0199. The second-order valence-corrected chi connectivity index (χ2v) is 10.9. The summed E-state index contributed by atoms with van der Waals surface area (Å²) in [5.41, 5.74) is 5.33. The molecule has 0 saturated heterocycles. The van der Waals surface area contributed by atoms with E-state index in [1.165, 1.54) is 26.2 Å². The molecular formula is C37H34N2O8. The molecule has 10 heteroatoms. The first kappa shape index (κ1) is 32.8. The maximum atomic E-state index is 14.0. The second-order valence-electron chi connectivity index (χ2n) is 10.9. The quantitative estimate of drug-likeness (QED) is 0.0290. The van der Waals surface area contributed by atoms with Gasteiger partial charge in [-0.05, 0) is 93.1 Å². The van der Waals surface area contributed by atoms with E-state index in [1.807, 2.05) is 57.2 Å². The van der Waals surface area contributed by atoms with Gasteiger partial charge in [0, 0.05) is 64.6 Å². The van der Waals surface area contributed by atoms with E-state index in [4.69, 9.17) is 19.0 Å². The Morgan fingerprint density at radius 3 is 2.04 bits per heavy atom. The van der Waals surface area contributed by atoms with E-state index in [0.717, 1.165) is 32.9 Å². The number of aryl methyl sites for hydroxylation is 3. The number of aromatic nitrogens is 1. The molecule has 4 aromatic carbocycles. The fraction of sp³-hybridized carbons (Fsp3) is 0.216. The zero-order valence-corrected chi connectivity index (χ0v) is 26.8. The van der Waals surface area contributed by atoms with Gasteiger partial charge in [-0.3, -0.25) is 9.59 Å². The predicted octanol–water partition coefficient (Wildman–Crippen LogP) is 6.97. The van der Waals surface area contributed by atoms with E-state index >= 15 is 0 Å². The topological polar surface area (TPSA) is 122 Å². The number of nitrogens with zero attached hydrogens (tertiary/aromatic N) is 2. The zero-order chi connectivity index (χ0) is 33.7. The fourth-order valence-corrected chi connectivity index (χ4v) is 5.35. The van der Waals surface area contributed by atoms with Crippen LogP contribution in [0.25, 0.3) is 21.8 Å². The molecule has 0 unspecified atom stereocenters. The minimum Gasteiger partial charge on any atom is -0.432 e. The molecule has 0 amide bonds. The van der Waals surface area contributed by atoms with Gasteiger partial charge in [0.2, 0.25) is 5.78 Å². The number of fused-ring (bicyclic) bond motifs is 3. The maximum absolute atomic E-state index is 14.0. The van der Waals surface area contributed by atoms with Gasteiger partial charge in [0.1, 0.15) is 12.4 Å². The smallest absolute Gasteiger partial charge is 0.432 e. The minimum atomic E-state index is -0.865. The third-order valence-corrected chi connectivity index (χ3v) is 7.66. The number of rotatable bonds is 11. The summed E-state index contributed by atoms with van der Waals surface area (Å²) in [4.78, 5) is 56.0. The van der Waals surface area contributed by atoms with E-state index in [2.05, 4.69) is 9.72 Å². The molecule has 0 spiro atoms. The van der Waals surface area contributed by atoms with Gasteiger partial charge in [-0.2, -0.15) is 0 Å². The van der Waals surface area contributed by atoms with Gasteiger partial charge in [-0.1, -0.05) is 22.9 Å². The Balaban J connectivity index is 1.50. The first-order chi connectivity index (χ1) is 22.6. The van der Waals surface area contributed by atoms with Gasteiger partial charge in [0.25, 0.3) is 0 Å². The SMILES string of the molecule is CCn1c2ccc(C(=O)/C(=N/OC(C)=O)c3cc(C)ccc3C)cc2c2cc(C(=O)c3ccc(OC(=O)OCCOC)cc3)ccc21. The number of hydrogen-bond donors (Lipinski definition) is 0. The molecule has 0 bridgehead atoms. The van der Waals surface area contributed by atoms with Crippen LogP contribution in [0, 0.1) is 13.8 Å². The van der Waals surface area contributed by atoms with Crippen LogP contribution in [0.3, 0.4) is 0 Å². The van der Waals surface area contributed by atoms with Crippen LogP contribution in [0.15, 0.2) is 84.0 Å². The molecule has 5 rings (SSSR count). The summed E-state index contributed by atoms with van der Waals surface area (Å²) in [6.07, 6.45) is -0.865. The van der Waals surface area contributed by atoms with Crippen molar-refractivity contribution in [3.05, 3.63) is 112 Å². The maximum Gasteiger partial charge on any atom is 0.513 e. The molecule has 0 aliphatic carbocycles. The summed E-state index contributed by atoms with van der Waals surface area (Å²) >= 11 is 0. The number of benzene rings is 4. The number of carbonyl (C=O) groups excluding carboxylic acids is 4. The molecule has 0 aliphatic rings. The Morgan fingerprint density at radius 2 is 1.40 bits per heavy atom. The zero-order valence-electron chi connectivity index (χ0n) is 26.8. The van der Waals surface area contributed by atoms with Gasteiger partial charge in [-0.15, -0.1) is 0 Å². The van der Waals surface area contributed by atoms with Gasteiger partial charge >= 0.3 is 12.1 Å². The molecule has 5 aromatic rings. The van der Waals surface area contributed by atoms with Crippen LogP contribution in [-0.4, -0.2) is 54.3 Å². The standard InChI is InChI=1S/C37H34N2O8/c1-6-39-32-15-11-26(35(41)25-9-13-28(14-10-25)46-37(43)45-18-17-44-5)20-30(32)31-21-27(12-16-33(31)39)36(42)34(38-47-24(4)40)29-19-22(2)7-8-23(29)3/h7-16,19-21H,6,17-18H2,1-5H3/b38-34+. The average Bonchev–Trinajstić information content (AvgIpc) is 3.38. The monoisotopic (exact) mass is 634 g/mol. The van der Waals surface area contributed by atoms with Crippen molar-refractivity contribution in [1.29, 1.82) is 0 Å². The van der Waals surface area contributed by atoms with Gasteiger partial charge < -0.3 is 23.6 Å². The Bertz CT molecular complexity index is 2040. The van der Waals surface area contributed by atoms with Crippen molar-refractivity contribution in [1.82, 2.24) is 4.57 Å². The van der Waals surface area contributed by atoms with Crippen molar-refractivity contribution in [3.63, 3.8) is 0 Å². The molecule has 0 fully saturated rings. The summed E-state index contributed by atoms with van der Waals surface area (Å²) in [5, 5.41) is 5.55. The summed E-state index contributed by atoms with van der Waals surface area (Å²) in [6.45, 7) is 8.00. The van der Waals surface area contributed by atoms with Crippen LogP contribution in [0.2, 0.25) is 0 Å². The molecular weight excluding hydrogens is 600 g/mol. The molecule has 47 heavy (non-hydrogen) atoms. The fourth-order valence-electron chi connectivity index (χ4n) is 5.35. The Kier molecular flexibility index (Phi) is 9.91. The van der Waals surface area contributed by atoms with Crippen LogP contribution < -0.4 is 4.74 Å². The molecule has 10 nitrogen and oxygen atoms in total. The summed E-state index contributed by atoms with van der Waals surface area (Å²) in [7, 11) is 1.50. The predicted molar refractivity (Wildman–Crippen MR) is 177 cm³/mol. The van der Waals surface area contributed by atoms with Crippen LogP contribution in [0.1, 0.15) is 56.8 Å². The third-order valence-electron chi connectivity index (χ3n) is 7.66. The average molecular weight is 635 g/mol. The van der Waals surface area contributed by atoms with Gasteiger partial charge in [0.05, 0.1) is 6.61 Å². The van der Waals surface area contributed by atoms with E-state index in [9.17, 15) is 19.2 Å². The summed E-state index contributed by atoms with van der Waals surface area (Å²) in [6, 6.07) is 22.7. The van der Waals surface area contributed by atoms with Crippen molar-refractivity contribution >= 4 is 51.2 Å². The van der Waals surface area contributed by atoms with E-state index in [0.29, 0.717) is 28.8 Å². The highest BCUT2D eigenvalue weighted by Gasteiger charge is 2.22. The normalized spacial score (nSPS) is 11.5. The highest BCUT2D eigenvalue weighted by Crippen LogP contribution is 2.32. The van der Waals surface area contributed by atoms with Crippen LogP contribution >= 0.6 is 0 Å². The lowest BCUT2D eigenvalue weighted by molar-refractivity contribution is -0.140.